The quantitative estimate of drug-likeness (QED) is 0.627. The molecular formula is C11H10N4O3S. The highest BCUT2D eigenvalue weighted by Crippen LogP contribution is 2.27. The molecule has 0 unspecified atom stereocenters. The van der Waals surface area contributed by atoms with Gasteiger partial charge in [-0.25, -0.2) is 14.8 Å². The number of anilines is 1. The lowest BCUT2D eigenvalue weighted by atomic mass is 10.3. The molecule has 0 aliphatic rings. The monoisotopic (exact) mass is 278 g/mol. The molecule has 2 aromatic rings. The predicted molar refractivity (Wildman–Crippen MR) is 69.0 cm³/mol. The van der Waals surface area contributed by atoms with Crippen LogP contribution in [0.25, 0.3) is 0 Å². The van der Waals surface area contributed by atoms with Crippen LogP contribution in [0.2, 0.25) is 0 Å². The maximum Gasteiger partial charge on any atom is 0.356 e. The molecule has 0 fully saturated rings. The number of nitrogens with one attached hydrogen (secondary N) is 1. The molecule has 2 heterocycles. The van der Waals surface area contributed by atoms with Crippen LogP contribution in [-0.2, 0) is 4.74 Å². The Hall–Kier alpha value is -2.35. The number of nitrogens with zero attached hydrogens (tertiary/aromatic N) is 2. The summed E-state index contributed by atoms with van der Waals surface area (Å²) in [5.74, 6) is -0.559. The van der Waals surface area contributed by atoms with Crippen LogP contribution >= 0.6 is 11.8 Å². The van der Waals surface area contributed by atoms with E-state index in [1.165, 1.54) is 25.4 Å². The molecule has 19 heavy (non-hydrogen) atoms. The van der Waals surface area contributed by atoms with Gasteiger partial charge in [-0.2, -0.15) is 0 Å². The number of H-pyrrole nitrogens is 1. The molecule has 8 heteroatoms. The summed E-state index contributed by atoms with van der Waals surface area (Å²) in [5.41, 5.74) is 6.00. The number of nitrogen functional groups attached to an aromatic ring is 1. The Labute approximate surface area is 112 Å². The number of rotatable bonds is 3. The zero-order valence-electron chi connectivity index (χ0n) is 9.91. The first-order valence-electron chi connectivity index (χ1n) is 5.18. The molecule has 2 aromatic heterocycles. The summed E-state index contributed by atoms with van der Waals surface area (Å²) in [4.78, 5) is 33.1. The van der Waals surface area contributed by atoms with E-state index in [1.807, 2.05) is 0 Å². The molecule has 0 aromatic carbocycles. The number of carbonyl (C=O) groups is 1. The Balaban J connectivity index is 2.34. The number of hydrogen-bond acceptors (Lipinski definition) is 7. The van der Waals surface area contributed by atoms with Crippen LogP contribution in [0.15, 0.2) is 39.4 Å². The first kappa shape index (κ1) is 13.1. The van der Waals surface area contributed by atoms with Crippen LogP contribution in [0.3, 0.4) is 0 Å². The van der Waals surface area contributed by atoms with Crippen LogP contribution in [-0.4, -0.2) is 28.0 Å². The van der Waals surface area contributed by atoms with Gasteiger partial charge in [-0.3, -0.25) is 4.79 Å². The molecule has 0 saturated heterocycles. The van der Waals surface area contributed by atoms with Crippen molar-refractivity contribution in [3.8, 4) is 0 Å². The lowest BCUT2D eigenvalue weighted by molar-refractivity contribution is 0.0593. The molecule has 0 saturated carbocycles. The maximum atomic E-state index is 11.4. The number of esters is 1. The number of methoxy groups -OCH3 is 1. The number of aromatic nitrogens is 3. The zero-order valence-corrected chi connectivity index (χ0v) is 10.7. The van der Waals surface area contributed by atoms with Gasteiger partial charge in [0, 0.05) is 12.3 Å². The first-order chi connectivity index (χ1) is 9.10. The maximum absolute atomic E-state index is 11.4. The van der Waals surface area contributed by atoms with E-state index in [2.05, 4.69) is 19.7 Å². The van der Waals surface area contributed by atoms with E-state index in [-0.39, 0.29) is 11.3 Å². The topological polar surface area (TPSA) is 111 Å². The average molecular weight is 278 g/mol. The lowest BCUT2D eigenvalue weighted by Crippen LogP contribution is -2.08. The number of pyridine rings is 1. The molecule has 0 amide bonds. The molecule has 0 atom stereocenters. The van der Waals surface area contributed by atoms with E-state index in [0.29, 0.717) is 15.9 Å². The third kappa shape index (κ3) is 3.10. The van der Waals surface area contributed by atoms with E-state index >= 15 is 0 Å². The molecule has 0 aliphatic carbocycles. The van der Waals surface area contributed by atoms with Gasteiger partial charge >= 0.3 is 5.97 Å². The van der Waals surface area contributed by atoms with Crippen molar-refractivity contribution in [1.82, 2.24) is 15.0 Å². The van der Waals surface area contributed by atoms with Crippen molar-refractivity contribution in [1.29, 1.82) is 0 Å². The molecule has 0 radical (unpaired) electrons. The second kappa shape index (κ2) is 5.53. The van der Waals surface area contributed by atoms with Gasteiger partial charge in [0.25, 0.3) is 5.56 Å². The molecule has 0 spiro atoms. The van der Waals surface area contributed by atoms with Crippen molar-refractivity contribution >= 4 is 23.4 Å². The highest BCUT2D eigenvalue weighted by molar-refractivity contribution is 7.99. The van der Waals surface area contributed by atoms with Crippen molar-refractivity contribution in [2.24, 2.45) is 0 Å². The molecule has 98 valence electrons. The lowest BCUT2D eigenvalue weighted by Gasteiger charge is -2.05. The Morgan fingerprint density at radius 3 is 2.89 bits per heavy atom. The molecule has 3 N–H and O–H groups in total. The zero-order chi connectivity index (χ0) is 13.8. The summed E-state index contributed by atoms with van der Waals surface area (Å²) in [6.45, 7) is 0. The second-order valence-corrected chi connectivity index (χ2v) is 4.40. The van der Waals surface area contributed by atoms with Gasteiger partial charge in [0.2, 0.25) is 0 Å². The largest absolute Gasteiger partial charge is 0.464 e. The SMILES string of the molecule is COC(=O)c1ccc(N)c(Sc2nccc(=O)[nH]2)n1. The minimum Gasteiger partial charge on any atom is -0.464 e. The summed E-state index contributed by atoms with van der Waals surface area (Å²) in [6, 6.07) is 4.31. The molecule has 0 aliphatic heterocycles. The highest BCUT2D eigenvalue weighted by atomic mass is 32.2. The van der Waals surface area contributed by atoms with E-state index < -0.39 is 5.97 Å². The van der Waals surface area contributed by atoms with Crippen LogP contribution < -0.4 is 11.3 Å². The Bertz CT molecular complexity index is 671. The standard InChI is InChI=1S/C11H10N4O3S/c1-18-10(17)7-3-2-6(12)9(14-7)19-11-13-5-4-8(16)15-11/h2-5H,12H2,1H3,(H,13,15,16). The fourth-order valence-electron chi connectivity index (χ4n) is 1.25. The minimum atomic E-state index is -0.559. The van der Waals surface area contributed by atoms with E-state index in [9.17, 15) is 9.59 Å². The minimum absolute atomic E-state index is 0.137. The Morgan fingerprint density at radius 1 is 1.42 bits per heavy atom. The number of nitrogens with two attached hydrogens (primary N) is 1. The third-order valence-corrected chi connectivity index (χ3v) is 3.05. The van der Waals surface area contributed by atoms with Crippen molar-refractivity contribution in [2.45, 2.75) is 10.2 Å². The van der Waals surface area contributed by atoms with Gasteiger partial charge in [0.1, 0.15) is 10.7 Å². The third-order valence-electron chi connectivity index (χ3n) is 2.13. The van der Waals surface area contributed by atoms with E-state index in [1.54, 1.807) is 6.07 Å². The Kier molecular flexibility index (Phi) is 3.81. The summed E-state index contributed by atoms with van der Waals surface area (Å²) in [6.07, 6.45) is 1.38. The summed E-state index contributed by atoms with van der Waals surface area (Å²) in [5, 5.41) is 0.714. The van der Waals surface area contributed by atoms with E-state index in [4.69, 9.17) is 5.73 Å². The summed E-state index contributed by atoms with van der Waals surface area (Å²) >= 11 is 1.06. The van der Waals surface area contributed by atoms with Gasteiger partial charge in [0.05, 0.1) is 12.8 Å². The van der Waals surface area contributed by atoms with Gasteiger partial charge in [0.15, 0.2) is 5.16 Å². The summed E-state index contributed by atoms with van der Waals surface area (Å²) < 4.78 is 4.58. The van der Waals surface area contributed by atoms with Crippen molar-refractivity contribution in [2.75, 3.05) is 12.8 Å². The van der Waals surface area contributed by atoms with Crippen molar-refractivity contribution < 1.29 is 9.53 Å². The van der Waals surface area contributed by atoms with Crippen molar-refractivity contribution in [3.63, 3.8) is 0 Å². The fourth-order valence-corrected chi connectivity index (χ4v) is 2.02. The average Bonchev–Trinajstić information content (AvgIpc) is 2.40. The first-order valence-corrected chi connectivity index (χ1v) is 6.00. The molecular weight excluding hydrogens is 268 g/mol. The summed E-state index contributed by atoms with van der Waals surface area (Å²) in [7, 11) is 1.27. The normalized spacial score (nSPS) is 10.2. The molecule has 0 bridgehead atoms. The van der Waals surface area contributed by atoms with Gasteiger partial charge in [-0.1, -0.05) is 0 Å². The Morgan fingerprint density at radius 2 is 2.21 bits per heavy atom. The molecule has 7 nitrogen and oxygen atoms in total. The number of carbonyl (C=O) groups excluding carboxylic acids is 1. The van der Waals surface area contributed by atoms with Crippen molar-refractivity contribution in [3.05, 3.63) is 40.4 Å². The van der Waals surface area contributed by atoms with Crippen LogP contribution in [0, 0.1) is 0 Å². The van der Waals surface area contributed by atoms with Gasteiger partial charge < -0.3 is 15.5 Å². The fraction of sp³-hybridized carbons (Fsp3) is 0.0909. The van der Waals surface area contributed by atoms with Gasteiger partial charge in [-0.05, 0) is 23.9 Å². The van der Waals surface area contributed by atoms with Crippen LogP contribution in [0.5, 0.6) is 0 Å². The molecule has 2 rings (SSSR count). The number of aromatic amines is 1. The smallest absolute Gasteiger partial charge is 0.356 e. The van der Waals surface area contributed by atoms with Crippen LogP contribution in [0.4, 0.5) is 5.69 Å². The second-order valence-electron chi connectivity index (χ2n) is 3.42. The van der Waals surface area contributed by atoms with E-state index in [0.717, 1.165) is 11.8 Å². The van der Waals surface area contributed by atoms with Gasteiger partial charge in [-0.15, -0.1) is 0 Å². The highest BCUT2D eigenvalue weighted by Gasteiger charge is 2.12. The van der Waals surface area contributed by atoms with Crippen LogP contribution in [0.1, 0.15) is 10.5 Å². The number of hydrogen-bond donors (Lipinski definition) is 2. The predicted octanol–water partition coefficient (Wildman–Crippen LogP) is 0.685. The number of ether oxygens (including phenoxy) is 1.